The van der Waals surface area contributed by atoms with E-state index in [1.165, 1.54) is 0 Å². The Morgan fingerprint density at radius 1 is 1.43 bits per heavy atom. The number of carbonyl (C=O) groups excluding carboxylic acids is 1. The molecule has 1 aliphatic rings. The number of ether oxygens (including phenoxy) is 1. The first kappa shape index (κ1) is 15.8. The number of carbonyl (C=O) groups is 1. The summed E-state index contributed by atoms with van der Waals surface area (Å²) in [6, 6.07) is 9.89. The summed E-state index contributed by atoms with van der Waals surface area (Å²) in [5.74, 6) is 0. The number of benzene rings is 1. The Hall–Kier alpha value is -1.59. The Morgan fingerprint density at radius 2 is 2.19 bits per heavy atom. The van der Waals surface area contributed by atoms with Crippen molar-refractivity contribution in [1.82, 2.24) is 9.80 Å². The van der Waals surface area contributed by atoms with Crippen LogP contribution in [0.5, 0.6) is 0 Å². The maximum absolute atomic E-state index is 12.2. The van der Waals surface area contributed by atoms with E-state index in [1.807, 2.05) is 37.3 Å². The first-order valence-electron chi connectivity index (χ1n) is 7.55. The summed E-state index contributed by atoms with van der Waals surface area (Å²) >= 11 is 0. The molecule has 1 aromatic carbocycles. The van der Waals surface area contributed by atoms with Crippen molar-refractivity contribution in [1.29, 1.82) is 0 Å². The van der Waals surface area contributed by atoms with Gasteiger partial charge < -0.3 is 14.7 Å². The van der Waals surface area contributed by atoms with E-state index in [4.69, 9.17) is 9.84 Å². The zero-order chi connectivity index (χ0) is 15.1. The van der Waals surface area contributed by atoms with Gasteiger partial charge in [-0.1, -0.05) is 30.3 Å². The van der Waals surface area contributed by atoms with E-state index in [-0.39, 0.29) is 18.7 Å². The molecule has 5 nitrogen and oxygen atoms in total. The fourth-order valence-corrected chi connectivity index (χ4v) is 2.75. The van der Waals surface area contributed by atoms with Crippen LogP contribution in [-0.4, -0.2) is 59.8 Å². The lowest BCUT2D eigenvalue weighted by Gasteiger charge is -2.27. The standard InChI is InChI=1S/C16H24N2O3/c1-2-18(15-8-9-17(12-15)10-11-19)16(20)21-13-14-6-4-3-5-7-14/h3-7,15,19H,2,8-13H2,1H3/t15-/m1/s1. The number of likely N-dealkylation sites (N-methyl/N-ethyl adjacent to an activating group) is 1. The summed E-state index contributed by atoms with van der Waals surface area (Å²) in [6.45, 7) is 5.50. The number of hydrogen-bond acceptors (Lipinski definition) is 4. The maximum atomic E-state index is 12.2. The second kappa shape index (κ2) is 8.00. The number of β-amino-alcohol motifs (C(OH)–C–C–N with tert-alkyl or cyclic N) is 1. The molecule has 1 aliphatic heterocycles. The highest BCUT2D eigenvalue weighted by atomic mass is 16.6. The van der Waals surface area contributed by atoms with Gasteiger partial charge in [-0.3, -0.25) is 4.90 Å². The molecule has 1 fully saturated rings. The maximum Gasteiger partial charge on any atom is 0.410 e. The Morgan fingerprint density at radius 3 is 2.86 bits per heavy atom. The van der Waals surface area contributed by atoms with Gasteiger partial charge >= 0.3 is 6.09 Å². The van der Waals surface area contributed by atoms with Crippen LogP contribution in [0.3, 0.4) is 0 Å². The van der Waals surface area contributed by atoms with Crippen molar-refractivity contribution in [2.45, 2.75) is 26.0 Å². The summed E-state index contributed by atoms with van der Waals surface area (Å²) in [4.78, 5) is 16.2. The van der Waals surface area contributed by atoms with Crippen LogP contribution in [0.1, 0.15) is 18.9 Å². The molecule has 0 saturated carbocycles. The summed E-state index contributed by atoms with van der Waals surface area (Å²) in [5.41, 5.74) is 0.996. The van der Waals surface area contributed by atoms with Crippen molar-refractivity contribution >= 4 is 6.09 Å². The Kier molecular flexibility index (Phi) is 6.02. The van der Waals surface area contributed by atoms with Gasteiger partial charge in [0.05, 0.1) is 6.61 Å². The number of rotatable bonds is 6. The largest absolute Gasteiger partial charge is 0.445 e. The van der Waals surface area contributed by atoms with Gasteiger partial charge in [0, 0.05) is 32.2 Å². The Balaban J connectivity index is 1.84. The third-order valence-corrected chi connectivity index (χ3v) is 3.88. The van der Waals surface area contributed by atoms with Gasteiger partial charge in [0.2, 0.25) is 0 Å². The third kappa shape index (κ3) is 4.44. The van der Waals surface area contributed by atoms with E-state index in [0.29, 0.717) is 19.7 Å². The third-order valence-electron chi connectivity index (χ3n) is 3.88. The molecule has 116 valence electrons. The highest BCUT2D eigenvalue weighted by molar-refractivity contribution is 5.68. The van der Waals surface area contributed by atoms with E-state index < -0.39 is 0 Å². The Labute approximate surface area is 126 Å². The normalized spacial score (nSPS) is 18.7. The predicted octanol–water partition coefficient (Wildman–Crippen LogP) is 1.71. The summed E-state index contributed by atoms with van der Waals surface area (Å²) in [6.07, 6.45) is 0.686. The lowest BCUT2D eigenvalue weighted by atomic mass is 10.2. The average Bonchev–Trinajstić information content (AvgIpc) is 2.96. The van der Waals surface area contributed by atoms with Gasteiger partial charge in [0.25, 0.3) is 0 Å². The minimum absolute atomic E-state index is 0.164. The van der Waals surface area contributed by atoms with Gasteiger partial charge in [-0.25, -0.2) is 4.79 Å². The van der Waals surface area contributed by atoms with Crippen molar-refractivity contribution in [2.75, 3.05) is 32.8 Å². The molecule has 21 heavy (non-hydrogen) atoms. The van der Waals surface area contributed by atoms with E-state index in [2.05, 4.69) is 4.90 Å². The Bertz CT molecular complexity index is 438. The molecule has 0 bridgehead atoms. The predicted molar refractivity (Wildman–Crippen MR) is 80.9 cm³/mol. The van der Waals surface area contributed by atoms with Crippen LogP contribution in [-0.2, 0) is 11.3 Å². The molecular formula is C16H24N2O3. The number of amides is 1. The molecule has 1 amide bonds. The number of aliphatic hydroxyl groups is 1. The highest BCUT2D eigenvalue weighted by Gasteiger charge is 2.30. The topological polar surface area (TPSA) is 53.0 Å². The van der Waals surface area contributed by atoms with Crippen LogP contribution in [0.4, 0.5) is 4.79 Å². The second-order valence-electron chi connectivity index (χ2n) is 5.29. The van der Waals surface area contributed by atoms with E-state index in [9.17, 15) is 4.79 Å². The zero-order valence-corrected chi connectivity index (χ0v) is 12.6. The van der Waals surface area contributed by atoms with Gasteiger partial charge in [-0.05, 0) is 18.9 Å². The summed E-state index contributed by atoms with van der Waals surface area (Å²) < 4.78 is 5.41. The number of hydrogen-bond donors (Lipinski definition) is 1. The van der Waals surface area contributed by atoms with Crippen LogP contribution in [0.15, 0.2) is 30.3 Å². The highest BCUT2D eigenvalue weighted by Crippen LogP contribution is 2.16. The fraction of sp³-hybridized carbons (Fsp3) is 0.562. The number of nitrogens with zero attached hydrogens (tertiary/aromatic N) is 2. The smallest absolute Gasteiger partial charge is 0.410 e. The van der Waals surface area contributed by atoms with Crippen LogP contribution < -0.4 is 0 Å². The van der Waals surface area contributed by atoms with Crippen LogP contribution in [0, 0.1) is 0 Å². The van der Waals surface area contributed by atoms with Crippen LogP contribution in [0.2, 0.25) is 0 Å². The lowest BCUT2D eigenvalue weighted by molar-refractivity contribution is 0.0829. The summed E-state index contributed by atoms with van der Waals surface area (Å²) in [5, 5.41) is 8.98. The van der Waals surface area contributed by atoms with E-state index in [0.717, 1.165) is 25.1 Å². The first-order chi connectivity index (χ1) is 10.2. The van der Waals surface area contributed by atoms with Gasteiger partial charge in [0.15, 0.2) is 0 Å². The molecule has 1 aromatic rings. The second-order valence-corrected chi connectivity index (χ2v) is 5.29. The number of aliphatic hydroxyl groups excluding tert-OH is 1. The molecule has 0 aliphatic carbocycles. The van der Waals surface area contributed by atoms with Crippen molar-refractivity contribution in [3.63, 3.8) is 0 Å². The molecule has 1 saturated heterocycles. The molecular weight excluding hydrogens is 268 g/mol. The van der Waals surface area contributed by atoms with E-state index in [1.54, 1.807) is 4.90 Å². The molecule has 0 aromatic heterocycles. The molecule has 1 atom stereocenters. The fourth-order valence-electron chi connectivity index (χ4n) is 2.75. The average molecular weight is 292 g/mol. The van der Waals surface area contributed by atoms with Crippen molar-refractivity contribution in [3.8, 4) is 0 Å². The minimum atomic E-state index is -0.253. The van der Waals surface area contributed by atoms with Crippen molar-refractivity contribution in [3.05, 3.63) is 35.9 Å². The van der Waals surface area contributed by atoms with Gasteiger partial charge in [-0.2, -0.15) is 0 Å². The quantitative estimate of drug-likeness (QED) is 0.867. The van der Waals surface area contributed by atoms with Crippen molar-refractivity contribution < 1.29 is 14.6 Å². The minimum Gasteiger partial charge on any atom is -0.445 e. The van der Waals surface area contributed by atoms with Crippen LogP contribution >= 0.6 is 0 Å². The first-order valence-corrected chi connectivity index (χ1v) is 7.55. The zero-order valence-electron chi connectivity index (χ0n) is 12.6. The molecule has 0 unspecified atom stereocenters. The van der Waals surface area contributed by atoms with E-state index >= 15 is 0 Å². The SMILES string of the molecule is CCN(C(=O)OCc1ccccc1)[C@@H]1CCN(CCO)C1. The van der Waals surface area contributed by atoms with Gasteiger partial charge in [-0.15, -0.1) is 0 Å². The van der Waals surface area contributed by atoms with Crippen molar-refractivity contribution in [2.24, 2.45) is 0 Å². The summed E-state index contributed by atoms with van der Waals surface area (Å²) in [7, 11) is 0. The molecule has 0 spiro atoms. The lowest BCUT2D eigenvalue weighted by Crippen LogP contribution is -2.42. The molecule has 2 rings (SSSR count). The van der Waals surface area contributed by atoms with Gasteiger partial charge in [0.1, 0.15) is 6.61 Å². The molecule has 1 N–H and O–H groups in total. The number of likely N-dealkylation sites (tertiary alicyclic amines) is 1. The monoisotopic (exact) mass is 292 g/mol. The van der Waals surface area contributed by atoms with Crippen LogP contribution in [0.25, 0.3) is 0 Å². The molecule has 1 heterocycles. The molecule has 5 heteroatoms. The molecule has 0 radical (unpaired) electrons.